The van der Waals surface area contributed by atoms with Gasteiger partial charge in [0.25, 0.3) is 11.8 Å². The summed E-state index contributed by atoms with van der Waals surface area (Å²) in [7, 11) is 0. The Morgan fingerprint density at radius 1 is 0.923 bits per heavy atom. The van der Waals surface area contributed by atoms with Crippen molar-refractivity contribution in [2.45, 2.75) is 13.8 Å². The standard InChI is InChI=1S/C29H29Br2N3O5/c1-3-38-29(37)21-9-10-25(33-11-13-34(14-12-33)28(36)20-7-5-4-6-8-20)24(16-21)32-26(35)18-39-27-19(2)15-22(30)17-23(27)31/h4-10,15-17H,3,11-14,18H2,1-2H3,(H,32,35). The molecule has 0 aromatic heterocycles. The van der Waals surface area contributed by atoms with E-state index in [0.717, 1.165) is 20.2 Å². The fourth-order valence-corrected chi connectivity index (χ4v) is 5.92. The molecule has 8 nitrogen and oxygen atoms in total. The summed E-state index contributed by atoms with van der Waals surface area (Å²) in [5.41, 5.74) is 3.09. The summed E-state index contributed by atoms with van der Waals surface area (Å²) < 4.78 is 12.6. The van der Waals surface area contributed by atoms with E-state index in [4.69, 9.17) is 9.47 Å². The molecule has 0 unspecified atom stereocenters. The minimum atomic E-state index is -0.469. The molecular weight excluding hydrogens is 630 g/mol. The van der Waals surface area contributed by atoms with Crippen LogP contribution in [0.15, 0.2) is 69.6 Å². The van der Waals surface area contributed by atoms with E-state index in [-0.39, 0.29) is 25.0 Å². The molecule has 204 valence electrons. The summed E-state index contributed by atoms with van der Waals surface area (Å²) in [5, 5.41) is 2.91. The monoisotopic (exact) mass is 657 g/mol. The molecule has 1 aliphatic heterocycles. The van der Waals surface area contributed by atoms with Crippen LogP contribution in [0.4, 0.5) is 11.4 Å². The van der Waals surface area contributed by atoms with Crippen LogP contribution >= 0.6 is 31.9 Å². The Morgan fingerprint density at radius 2 is 1.64 bits per heavy atom. The van der Waals surface area contributed by atoms with Crippen LogP contribution < -0.4 is 15.0 Å². The van der Waals surface area contributed by atoms with E-state index in [9.17, 15) is 14.4 Å². The van der Waals surface area contributed by atoms with Gasteiger partial charge in [0.2, 0.25) is 0 Å². The topological polar surface area (TPSA) is 88.2 Å². The number of carbonyl (C=O) groups excluding carboxylic acids is 3. The molecule has 1 fully saturated rings. The first-order chi connectivity index (χ1) is 18.8. The number of anilines is 2. The number of esters is 1. The number of nitrogens with one attached hydrogen (secondary N) is 1. The number of rotatable bonds is 8. The number of ether oxygens (including phenoxy) is 2. The second-order valence-electron chi connectivity index (χ2n) is 8.97. The van der Waals surface area contributed by atoms with Gasteiger partial charge in [-0.1, -0.05) is 34.1 Å². The lowest BCUT2D eigenvalue weighted by molar-refractivity contribution is -0.118. The van der Waals surface area contributed by atoms with Crippen molar-refractivity contribution < 1.29 is 23.9 Å². The third kappa shape index (κ3) is 7.19. The fraction of sp³-hybridized carbons (Fsp3) is 0.276. The summed E-state index contributed by atoms with van der Waals surface area (Å²) >= 11 is 6.92. The highest BCUT2D eigenvalue weighted by Gasteiger charge is 2.25. The van der Waals surface area contributed by atoms with E-state index in [0.29, 0.717) is 48.7 Å². The molecule has 1 saturated heterocycles. The molecule has 0 aliphatic carbocycles. The Bertz CT molecular complexity index is 1340. The van der Waals surface area contributed by atoms with Gasteiger partial charge in [-0.05, 0) is 77.8 Å². The fourth-order valence-electron chi connectivity index (χ4n) is 4.36. The zero-order valence-electron chi connectivity index (χ0n) is 21.7. The van der Waals surface area contributed by atoms with Crippen LogP contribution in [-0.4, -0.2) is 62.1 Å². The van der Waals surface area contributed by atoms with Crippen LogP contribution in [0.1, 0.15) is 33.2 Å². The van der Waals surface area contributed by atoms with E-state index in [1.165, 1.54) is 0 Å². The summed E-state index contributed by atoms with van der Waals surface area (Å²) in [6.07, 6.45) is 0. The highest BCUT2D eigenvalue weighted by atomic mass is 79.9. The van der Waals surface area contributed by atoms with Gasteiger partial charge in [-0.25, -0.2) is 4.79 Å². The number of halogens is 2. The number of hydrogen-bond acceptors (Lipinski definition) is 6. The maximum Gasteiger partial charge on any atom is 0.338 e. The van der Waals surface area contributed by atoms with Crippen molar-refractivity contribution in [3.63, 3.8) is 0 Å². The number of aryl methyl sites for hydroxylation is 1. The molecule has 3 aromatic carbocycles. The molecular formula is C29H29Br2N3O5. The van der Waals surface area contributed by atoms with E-state index in [2.05, 4.69) is 42.1 Å². The van der Waals surface area contributed by atoms with Gasteiger partial charge in [0, 0.05) is 36.2 Å². The predicted octanol–water partition coefficient (Wildman–Crippen LogP) is 5.68. The number of piperazine rings is 1. The zero-order valence-corrected chi connectivity index (χ0v) is 24.9. The van der Waals surface area contributed by atoms with Crippen molar-refractivity contribution in [2.75, 3.05) is 49.6 Å². The SMILES string of the molecule is CCOC(=O)c1ccc(N2CCN(C(=O)c3ccccc3)CC2)c(NC(=O)COc2c(C)cc(Br)cc2Br)c1. The molecule has 0 bridgehead atoms. The maximum absolute atomic E-state index is 13.0. The van der Waals surface area contributed by atoms with Crippen molar-refractivity contribution in [2.24, 2.45) is 0 Å². The third-order valence-corrected chi connectivity index (χ3v) is 7.30. The second kappa shape index (κ2) is 13.1. The van der Waals surface area contributed by atoms with E-state index < -0.39 is 5.97 Å². The van der Waals surface area contributed by atoms with E-state index >= 15 is 0 Å². The Kier molecular flexibility index (Phi) is 9.63. The zero-order chi connectivity index (χ0) is 27.9. The second-order valence-corrected chi connectivity index (χ2v) is 10.7. The highest BCUT2D eigenvalue weighted by Crippen LogP contribution is 2.33. The summed E-state index contributed by atoms with van der Waals surface area (Å²) in [6.45, 7) is 5.86. The van der Waals surface area contributed by atoms with Crippen LogP contribution in [-0.2, 0) is 9.53 Å². The average Bonchev–Trinajstić information content (AvgIpc) is 2.93. The molecule has 1 heterocycles. The van der Waals surface area contributed by atoms with Gasteiger partial charge < -0.3 is 24.6 Å². The molecule has 0 saturated carbocycles. The molecule has 10 heteroatoms. The lowest BCUT2D eigenvalue weighted by atomic mass is 10.1. The number of nitrogens with zero attached hydrogens (tertiary/aromatic N) is 2. The minimum Gasteiger partial charge on any atom is -0.482 e. The van der Waals surface area contributed by atoms with Gasteiger partial charge in [0.1, 0.15) is 5.75 Å². The molecule has 2 amide bonds. The van der Waals surface area contributed by atoms with Crippen molar-refractivity contribution in [1.29, 1.82) is 0 Å². The minimum absolute atomic E-state index is 0.00650. The van der Waals surface area contributed by atoms with Crippen LogP contribution in [0, 0.1) is 6.92 Å². The third-order valence-electron chi connectivity index (χ3n) is 6.25. The van der Waals surface area contributed by atoms with E-state index in [1.807, 2.05) is 54.3 Å². The molecule has 0 spiro atoms. The molecule has 0 atom stereocenters. The van der Waals surface area contributed by atoms with Gasteiger partial charge >= 0.3 is 5.97 Å². The van der Waals surface area contributed by atoms with Crippen LogP contribution in [0.3, 0.4) is 0 Å². The highest BCUT2D eigenvalue weighted by molar-refractivity contribution is 9.11. The van der Waals surface area contributed by atoms with Gasteiger partial charge in [-0.2, -0.15) is 0 Å². The molecule has 39 heavy (non-hydrogen) atoms. The largest absolute Gasteiger partial charge is 0.482 e. The summed E-state index contributed by atoms with van der Waals surface area (Å²) in [4.78, 5) is 42.2. The smallest absolute Gasteiger partial charge is 0.338 e. The predicted molar refractivity (Wildman–Crippen MR) is 158 cm³/mol. The number of benzene rings is 3. The average molecular weight is 659 g/mol. The lowest BCUT2D eigenvalue weighted by Gasteiger charge is -2.37. The number of hydrogen-bond donors (Lipinski definition) is 1. The number of amides is 2. The Balaban J connectivity index is 1.49. The van der Waals surface area contributed by atoms with Crippen molar-refractivity contribution in [1.82, 2.24) is 4.90 Å². The van der Waals surface area contributed by atoms with Crippen LogP contribution in [0.5, 0.6) is 5.75 Å². The number of carbonyl (C=O) groups is 3. The first-order valence-electron chi connectivity index (χ1n) is 12.6. The van der Waals surface area contributed by atoms with Crippen molar-refractivity contribution in [3.05, 3.63) is 86.3 Å². The van der Waals surface area contributed by atoms with Crippen LogP contribution in [0.2, 0.25) is 0 Å². The molecule has 1 N–H and O–H groups in total. The van der Waals surface area contributed by atoms with Gasteiger partial charge in [0.15, 0.2) is 6.61 Å². The quantitative estimate of drug-likeness (QED) is 0.314. The molecule has 3 aromatic rings. The summed E-state index contributed by atoms with van der Waals surface area (Å²) in [6, 6.07) is 18.1. The van der Waals surface area contributed by atoms with Gasteiger partial charge in [-0.3, -0.25) is 9.59 Å². The van der Waals surface area contributed by atoms with E-state index in [1.54, 1.807) is 25.1 Å². The Labute approximate surface area is 244 Å². The first kappa shape index (κ1) is 28.6. The molecule has 4 rings (SSSR count). The lowest BCUT2D eigenvalue weighted by Crippen LogP contribution is -2.49. The molecule has 0 radical (unpaired) electrons. The summed E-state index contributed by atoms with van der Waals surface area (Å²) in [5.74, 6) is -0.270. The van der Waals surface area contributed by atoms with Crippen molar-refractivity contribution in [3.8, 4) is 5.75 Å². The maximum atomic E-state index is 13.0. The Morgan fingerprint density at radius 3 is 2.31 bits per heavy atom. The normalized spacial score (nSPS) is 13.1. The van der Waals surface area contributed by atoms with Crippen LogP contribution in [0.25, 0.3) is 0 Å². The Hall–Kier alpha value is -3.37. The van der Waals surface area contributed by atoms with Crippen molar-refractivity contribution >= 4 is 61.0 Å². The molecule has 1 aliphatic rings. The first-order valence-corrected chi connectivity index (χ1v) is 14.1. The van der Waals surface area contributed by atoms with Gasteiger partial charge in [0.05, 0.1) is 28.0 Å². The van der Waals surface area contributed by atoms with Gasteiger partial charge in [-0.15, -0.1) is 0 Å².